The monoisotopic (exact) mass is 363 g/mol. The van der Waals surface area contributed by atoms with E-state index in [1.807, 2.05) is 0 Å². The highest BCUT2D eigenvalue weighted by Gasteiger charge is 2.37. The van der Waals surface area contributed by atoms with Gasteiger partial charge in [-0.3, -0.25) is 9.56 Å². The Morgan fingerprint density at radius 3 is 2.96 bits per heavy atom. The van der Waals surface area contributed by atoms with Crippen molar-refractivity contribution < 1.29 is 24.2 Å². The lowest BCUT2D eigenvalue weighted by Gasteiger charge is -2.17. The van der Waals surface area contributed by atoms with Gasteiger partial charge in [0.25, 0.3) is 0 Å². The number of aliphatic imine (C=N–C) groups is 2. The molecule has 0 aliphatic carbocycles. The minimum Gasteiger partial charge on any atom is -0.390 e. The molecule has 12 heteroatoms. The summed E-state index contributed by atoms with van der Waals surface area (Å²) in [6, 6.07) is 0. The second kappa shape index (κ2) is 7.14. The fourth-order valence-electron chi connectivity index (χ4n) is 2.21. The van der Waals surface area contributed by atoms with Gasteiger partial charge in [-0.05, 0) is 18.5 Å². The number of ether oxygens (including phenoxy) is 1. The molecule has 3 atom stereocenters. The van der Waals surface area contributed by atoms with Gasteiger partial charge in [-0.2, -0.15) is 0 Å². The van der Waals surface area contributed by atoms with Crippen LogP contribution >= 0.6 is 6.72 Å². The van der Waals surface area contributed by atoms with Crippen LogP contribution in [-0.2, 0) is 21.1 Å². The predicted octanol–water partition coefficient (Wildman–Crippen LogP) is -0.576. The van der Waals surface area contributed by atoms with Crippen LogP contribution in [0.5, 0.6) is 0 Å². The van der Waals surface area contributed by atoms with Crippen molar-refractivity contribution in [3.05, 3.63) is 12.0 Å². The lowest BCUT2D eigenvalue weighted by molar-refractivity contribution is -0.0405. The van der Waals surface area contributed by atoms with Crippen molar-refractivity contribution >= 4 is 36.9 Å². The zero-order valence-electron chi connectivity index (χ0n) is 12.3. The number of imidazole rings is 1. The Balaban J connectivity index is 2.16. The first-order valence-corrected chi connectivity index (χ1v) is 9.19. The van der Waals surface area contributed by atoms with E-state index in [0.29, 0.717) is 11.5 Å². The SMILES string of the molecule is C=Nc1c(/C(N)=N\C)ncn1C1CC(O)C(COP(O)(O)=S)O1. The van der Waals surface area contributed by atoms with Crippen molar-refractivity contribution in [2.24, 2.45) is 15.7 Å². The summed E-state index contributed by atoms with van der Waals surface area (Å²) < 4.78 is 12.0. The number of hydrogen-bond donors (Lipinski definition) is 4. The number of hydrogen-bond acceptors (Lipinski definition) is 7. The number of amidine groups is 1. The van der Waals surface area contributed by atoms with E-state index in [1.54, 1.807) is 4.57 Å². The van der Waals surface area contributed by atoms with Gasteiger partial charge >= 0.3 is 6.72 Å². The molecular weight excluding hydrogens is 345 g/mol. The summed E-state index contributed by atoms with van der Waals surface area (Å²) in [6.07, 6.45) is -0.528. The van der Waals surface area contributed by atoms with Crippen LogP contribution in [0.3, 0.4) is 0 Å². The number of aromatic nitrogens is 2. The van der Waals surface area contributed by atoms with Gasteiger partial charge in [0.15, 0.2) is 5.82 Å². The van der Waals surface area contributed by atoms with Crippen LogP contribution in [0.2, 0.25) is 0 Å². The molecule has 0 amide bonds. The van der Waals surface area contributed by atoms with E-state index < -0.39 is 25.2 Å². The van der Waals surface area contributed by atoms with Crippen LogP contribution < -0.4 is 5.73 Å². The highest BCUT2D eigenvalue weighted by Crippen LogP contribution is 2.39. The van der Waals surface area contributed by atoms with Crippen molar-refractivity contribution in [3.8, 4) is 0 Å². The molecule has 2 heterocycles. The molecule has 0 radical (unpaired) electrons. The van der Waals surface area contributed by atoms with Crippen LogP contribution in [0, 0.1) is 0 Å². The van der Waals surface area contributed by atoms with Crippen LogP contribution in [-0.4, -0.2) is 62.9 Å². The summed E-state index contributed by atoms with van der Waals surface area (Å²) in [5.41, 5.74) is 6.11. The van der Waals surface area contributed by atoms with E-state index in [2.05, 4.69) is 33.5 Å². The third-order valence-electron chi connectivity index (χ3n) is 3.32. The first-order valence-electron chi connectivity index (χ1n) is 6.56. The number of rotatable bonds is 6. The maximum Gasteiger partial charge on any atom is 0.321 e. The minimum atomic E-state index is -3.80. The molecule has 0 aromatic carbocycles. The van der Waals surface area contributed by atoms with E-state index >= 15 is 0 Å². The molecule has 0 bridgehead atoms. The molecule has 2 rings (SSSR count). The Labute approximate surface area is 137 Å². The number of nitrogens with two attached hydrogens (primary N) is 1. The largest absolute Gasteiger partial charge is 0.390 e. The first-order chi connectivity index (χ1) is 10.8. The van der Waals surface area contributed by atoms with Gasteiger partial charge < -0.3 is 29.9 Å². The lowest BCUT2D eigenvalue weighted by atomic mass is 10.2. The van der Waals surface area contributed by atoms with Gasteiger partial charge in [0.1, 0.15) is 23.9 Å². The molecule has 1 aromatic heterocycles. The maximum absolute atomic E-state index is 10.0. The molecule has 1 aliphatic rings. The molecule has 1 saturated heterocycles. The Morgan fingerprint density at radius 2 is 2.39 bits per heavy atom. The molecular formula is C11H18N5O5PS. The van der Waals surface area contributed by atoms with Crippen molar-refractivity contribution in [2.75, 3.05) is 13.7 Å². The zero-order chi connectivity index (χ0) is 17.2. The summed E-state index contributed by atoms with van der Waals surface area (Å²) in [5, 5.41) is 10.0. The smallest absolute Gasteiger partial charge is 0.321 e. The Morgan fingerprint density at radius 1 is 1.70 bits per heavy atom. The highest BCUT2D eigenvalue weighted by atomic mass is 32.5. The van der Waals surface area contributed by atoms with Crippen molar-refractivity contribution in [1.82, 2.24) is 9.55 Å². The Hall–Kier alpha value is -1.20. The van der Waals surface area contributed by atoms with Crippen LogP contribution in [0.4, 0.5) is 5.82 Å². The summed E-state index contributed by atoms with van der Waals surface area (Å²) >= 11 is 4.36. The van der Waals surface area contributed by atoms with Gasteiger partial charge in [0.2, 0.25) is 0 Å². The van der Waals surface area contributed by atoms with E-state index in [-0.39, 0.29) is 18.9 Å². The summed E-state index contributed by atoms with van der Waals surface area (Å²) in [5.74, 6) is 0.562. The molecule has 23 heavy (non-hydrogen) atoms. The third kappa shape index (κ3) is 4.21. The topological polar surface area (TPSA) is 148 Å². The molecule has 3 unspecified atom stereocenters. The molecule has 10 nitrogen and oxygen atoms in total. The molecule has 1 fully saturated rings. The molecule has 1 aromatic rings. The molecule has 128 valence electrons. The zero-order valence-corrected chi connectivity index (χ0v) is 14.0. The van der Waals surface area contributed by atoms with E-state index in [9.17, 15) is 5.11 Å². The fraction of sp³-hybridized carbons (Fsp3) is 0.545. The Kier molecular flexibility index (Phi) is 5.63. The third-order valence-corrected chi connectivity index (χ3v) is 4.12. The van der Waals surface area contributed by atoms with E-state index in [0.717, 1.165) is 0 Å². The lowest BCUT2D eigenvalue weighted by Crippen LogP contribution is -2.25. The molecule has 5 N–H and O–H groups in total. The van der Waals surface area contributed by atoms with Crippen molar-refractivity contribution in [2.45, 2.75) is 24.9 Å². The standard InChI is InChI=1S/C11H18N5O5PS/c1-13-10(12)9-11(14-2)16(5-15-9)8-3-6(17)7(21-8)4-20-22(18,19)23/h5-8,17H,2-4H2,1H3,(H2,12,13)(H2,18,19,23). The fourth-order valence-corrected chi connectivity index (χ4v) is 2.74. The summed E-state index contributed by atoms with van der Waals surface area (Å²) in [4.78, 5) is 30.0. The maximum atomic E-state index is 10.0. The number of aliphatic hydroxyl groups excluding tert-OH is 1. The molecule has 0 saturated carbocycles. The van der Waals surface area contributed by atoms with Crippen LogP contribution in [0.15, 0.2) is 16.3 Å². The average molecular weight is 363 g/mol. The summed E-state index contributed by atoms with van der Waals surface area (Å²) in [7, 11) is 1.53. The van der Waals surface area contributed by atoms with Crippen molar-refractivity contribution in [1.29, 1.82) is 0 Å². The number of nitrogens with zero attached hydrogens (tertiary/aromatic N) is 4. The second-order valence-electron chi connectivity index (χ2n) is 4.81. The van der Waals surface area contributed by atoms with Gasteiger partial charge in [-0.25, -0.2) is 9.98 Å². The predicted molar refractivity (Wildman–Crippen MR) is 87.3 cm³/mol. The van der Waals surface area contributed by atoms with Crippen LogP contribution in [0.1, 0.15) is 18.3 Å². The molecule has 0 spiro atoms. The number of aliphatic hydroxyl groups is 1. The van der Waals surface area contributed by atoms with Crippen molar-refractivity contribution in [3.63, 3.8) is 0 Å². The first kappa shape index (κ1) is 18.1. The Bertz CT molecular complexity index is 659. The quantitative estimate of drug-likeness (QED) is 0.298. The van der Waals surface area contributed by atoms with Gasteiger partial charge in [0, 0.05) is 13.5 Å². The average Bonchev–Trinajstić information content (AvgIpc) is 3.06. The van der Waals surface area contributed by atoms with E-state index in [1.165, 1.54) is 13.4 Å². The van der Waals surface area contributed by atoms with Gasteiger partial charge in [-0.1, -0.05) is 0 Å². The van der Waals surface area contributed by atoms with Crippen LogP contribution in [0.25, 0.3) is 0 Å². The highest BCUT2D eigenvalue weighted by molar-refractivity contribution is 8.06. The van der Waals surface area contributed by atoms with E-state index in [4.69, 9.17) is 24.8 Å². The van der Waals surface area contributed by atoms with Gasteiger partial charge in [-0.15, -0.1) is 0 Å². The van der Waals surface area contributed by atoms with Gasteiger partial charge in [0.05, 0.1) is 19.0 Å². The molecule has 1 aliphatic heterocycles. The minimum absolute atomic E-state index is 0.200. The second-order valence-corrected chi connectivity index (χ2v) is 7.48. The normalized spacial score (nSPS) is 25.7. The summed E-state index contributed by atoms with van der Waals surface area (Å²) in [6.45, 7) is -0.560.